The number of hydrogen-bond donors (Lipinski definition) is 3. The number of nitrogens with one attached hydrogen (secondary N) is 2. The van der Waals surface area contributed by atoms with Gasteiger partial charge < -0.3 is 16.0 Å². The van der Waals surface area contributed by atoms with Crippen LogP contribution in [0.2, 0.25) is 5.28 Å². The van der Waals surface area contributed by atoms with Crippen molar-refractivity contribution in [1.29, 1.82) is 0 Å². The van der Waals surface area contributed by atoms with Gasteiger partial charge in [0.1, 0.15) is 11.5 Å². The van der Waals surface area contributed by atoms with Crippen LogP contribution in [0.4, 0.5) is 5.82 Å². The largest absolute Gasteiger partial charge is 0.364 e. The predicted molar refractivity (Wildman–Crippen MR) is 95.1 cm³/mol. The topological polar surface area (TPSA) is 79.6 Å². The molecule has 0 aliphatic carbocycles. The highest BCUT2D eigenvalue weighted by Crippen LogP contribution is 2.24. The van der Waals surface area contributed by atoms with E-state index in [2.05, 4.69) is 31.7 Å². The number of H-pyrrole nitrogens is 1. The third kappa shape index (κ3) is 3.89. The van der Waals surface area contributed by atoms with Gasteiger partial charge in [0.05, 0.1) is 11.9 Å². The van der Waals surface area contributed by atoms with Crippen LogP contribution in [0.5, 0.6) is 0 Å². The van der Waals surface area contributed by atoms with E-state index in [4.69, 9.17) is 17.3 Å². The average molecular weight is 358 g/mol. The van der Waals surface area contributed by atoms with Crippen LogP contribution in [0.3, 0.4) is 0 Å². The molecule has 0 saturated carbocycles. The molecule has 0 aliphatic rings. The molecule has 118 valence electrons. The molecule has 1 atom stereocenters. The molecule has 4 N–H and O–H groups in total. The van der Waals surface area contributed by atoms with Crippen LogP contribution in [0.15, 0.2) is 23.6 Å². The van der Waals surface area contributed by atoms with Crippen molar-refractivity contribution in [2.45, 2.75) is 25.9 Å². The molecule has 0 saturated heterocycles. The average Bonchev–Trinajstić information content (AvgIpc) is 3.03. The lowest BCUT2D eigenvalue weighted by Gasteiger charge is -2.05. The second-order valence-corrected chi connectivity index (χ2v) is 6.38. The maximum absolute atomic E-state index is 6.00. The molecule has 5 nitrogen and oxygen atoms in total. The van der Waals surface area contributed by atoms with E-state index in [9.17, 15) is 0 Å². The fourth-order valence-electron chi connectivity index (χ4n) is 2.21. The van der Waals surface area contributed by atoms with Crippen molar-refractivity contribution < 1.29 is 0 Å². The van der Waals surface area contributed by atoms with Crippen LogP contribution in [0.25, 0.3) is 11.0 Å². The Bertz CT molecular complexity index is 739. The van der Waals surface area contributed by atoms with Crippen molar-refractivity contribution in [3.8, 4) is 0 Å². The van der Waals surface area contributed by atoms with Gasteiger partial charge in [-0.25, -0.2) is 4.98 Å². The van der Waals surface area contributed by atoms with Gasteiger partial charge in [-0.2, -0.15) is 4.98 Å². The van der Waals surface area contributed by atoms with Crippen molar-refractivity contribution in [2.24, 2.45) is 5.73 Å². The third-order valence-electron chi connectivity index (χ3n) is 3.07. The molecule has 3 aromatic rings. The summed E-state index contributed by atoms with van der Waals surface area (Å²) in [4.78, 5) is 13.0. The van der Waals surface area contributed by atoms with E-state index in [0.717, 1.165) is 29.0 Å². The van der Waals surface area contributed by atoms with E-state index in [1.54, 1.807) is 11.3 Å². The number of rotatable bonds is 5. The van der Waals surface area contributed by atoms with Crippen molar-refractivity contribution in [3.63, 3.8) is 0 Å². The number of anilines is 1. The number of aromatic amines is 1. The summed E-state index contributed by atoms with van der Waals surface area (Å²) in [5.74, 6) is 0.741. The lowest BCUT2D eigenvalue weighted by atomic mass is 10.2. The van der Waals surface area contributed by atoms with E-state index in [0.29, 0.717) is 6.54 Å². The van der Waals surface area contributed by atoms with Gasteiger partial charge in [0, 0.05) is 23.0 Å². The smallest absolute Gasteiger partial charge is 0.226 e. The molecule has 22 heavy (non-hydrogen) atoms. The molecule has 8 heteroatoms. The lowest BCUT2D eigenvalue weighted by molar-refractivity contribution is 0.726. The van der Waals surface area contributed by atoms with Gasteiger partial charge in [-0.05, 0) is 36.0 Å². The highest BCUT2D eigenvalue weighted by Gasteiger charge is 2.11. The van der Waals surface area contributed by atoms with Crippen molar-refractivity contribution in [3.05, 3.63) is 39.4 Å². The van der Waals surface area contributed by atoms with E-state index < -0.39 is 0 Å². The Morgan fingerprint density at radius 3 is 2.95 bits per heavy atom. The number of hydrogen-bond acceptors (Lipinski definition) is 5. The number of halogens is 2. The molecule has 3 aromatic heterocycles. The minimum Gasteiger partial charge on any atom is -0.364 e. The summed E-state index contributed by atoms with van der Waals surface area (Å²) in [6.07, 6.45) is 0.762. The quantitative estimate of drug-likeness (QED) is 0.609. The van der Waals surface area contributed by atoms with E-state index in [1.807, 2.05) is 19.1 Å². The summed E-state index contributed by atoms with van der Waals surface area (Å²) in [5.41, 5.74) is 7.61. The molecule has 0 bridgehead atoms. The molecule has 0 radical (unpaired) electrons. The standard InChI is InChI=1S/C14H16ClN5S.ClH/c1-8(16)5-9-6-11-12(17-7-10-3-2-4-21-10)19-14(15)20-13(11)18-9;/h2-4,6,8H,5,7,16H2,1H3,(H2,17,18,19,20);1H/t8-;/m0./s1. The highest BCUT2D eigenvalue weighted by atomic mass is 35.5. The third-order valence-corrected chi connectivity index (χ3v) is 4.11. The maximum Gasteiger partial charge on any atom is 0.226 e. The van der Waals surface area contributed by atoms with Gasteiger partial charge in [-0.15, -0.1) is 23.7 Å². The monoisotopic (exact) mass is 357 g/mol. The Hall–Kier alpha value is -1.34. The second kappa shape index (κ2) is 7.28. The highest BCUT2D eigenvalue weighted by molar-refractivity contribution is 7.09. The molecule has 0 aromatic carbocycles. The van der Waals surface area contributed by atoms with Gasteiger partial charge in [-0.1, -0.05) is 6.07 Å². The fourth-order valence-corrected chi connectivity index (χ4v) is 3.03. The summed E-state index contributed by atoms with van der Waals surface area (Å²) < 4.78 is 0. The Balaban J connectivity index is 0.00000176. The van der Waals surface area contributed by atoms with Crippen molar-refractivity contribution in [2.75, 3.05) is 5.32 Å². The molecule has 0 aliphatic heterocycles. The van der Waals surface area contributed by atoms with Gasteiger partial charge in [0.25, 0.3) is 0 Å². The first-order chi connectivity index (χ1) is 10.1. The van der Waals surface area contributed by atoms with Gasteiger partial charge in [0.2, 0.25) is 5.28 Å². The van der Waals surface area contributed by atoms with Crippen LogP contribution in [0, 0.1) is 0 Å². The van der Waals surface area contributed by atoms with Crippen LogP contribution in [0.1, 0.15) is 17.5 Å². The van der Waals surface area contributed by atoms with Crippen LogP contribution in [-0.2, 0) is 13.0 Å². The number of thiophene rings is 1. The van der Waals surface area contributed by atoms with Crippen molar-refractivity contribution in [1.82, 2.24) is 15.0 Å². The zero-order chi connectivity index (χ0) is 14.8. The van der Waals surface area contributed by atoms with E-state index >= 15 is 0 Å². The van der Waals surface area contributed by atoms with E-state index in [-0.39, 0.29) is 23.7 Å². The molecular weight excluding hydrogens is 341 g/mol. The molecule has 0 amide bonds. The van der Waals surface area contributed by atoms with E-state index in [1.165, 1.54) is 4.88 Å². The summed E-state index contributed by atoms with van der Waals surface area (Å²) >= 11 is 7.70. The summed E-state index contributed by atoms with van der Waals surface area (Å²) in [6, 6.07) is 6.23. The zero-order valence-corrected chi connectivity index (χ0v) is 14.4. The second-order valence-electron chi connectivity index (χ2n) is 5.01. The Morgan fingerprint density at radius 2 is 2.27 bits per heavy atom. The zero-order valence-electron chi connectivity index (χ0n) is 12.0. The Kier molecular flexibility index (Phi) is 5.63. The first-order valence-corrected chi connectivity index (χ1v) is 7.94. The molecule has 0 spiro atoms. The first-order valence-electron chi connectivity index (χ1n) is 6.69. The summed E-state index contributed by atoms with van der Waals surface area (Å²) in [7, 11) is 0. The fraction of sp³-hybridized carbons (Fsp3) is 0.286. The SMILES string of the molecule is C[C@H](N)Cc1cc2c(NCc3cccs3)nc(Cl)nc2[nH]1.Cl. The normalized spacial score (nSPS) is 12.1. The number of aromatic nitrogens is 3. The first kappa shape index (κ1) is 17.0. The van der Waals surface area contributed by atoms with Gasteiger partial charge in [-0.3, -0.25) is 0 Å². The molecule has 3 rings (SSSR count). The number of nitrogens with zero attached hydrogens (tertiary/aromatic N) is 2. The molecular formula is C14H17Cl2N5S. The van der Waals surface area contributed by atoms with Crippen molar-refractivity contribution >= 4 is 52.2 Å². The maximum atomic E-state index is 6.00. The lowest BCUT2D eigenvalue weighted by Crippen LogP contribution is -2.17. The van der Waals surface area contributed by atoms with Gasteiger partial charge in [0.15, 0.2) is 0 Å². The Labute approximate surface area is 143 Å². The van der Waals surface area contributed by atoms with Crippen LogP contribution in [-0.4, -0.2) is 21.0 Å². The number of nitrogens with two attached hydrogens (primary N) is 1. The van der Waals surface area contributed by atoms with Crippen LogP contribution < -0.4 is 11.1 Å². The predicted octanol–water partition coefficient (Wildman–Crippen LogP) is 3.60. The van der Waals surface area contributed by atoms with Crippen LogP contribution >= 0.6 is 35.3 Å². The Morgan fingerprint density at radius 1 is 1.45 bits per heavy atom. The number of fused-ring (bicyclic) bond motifs is 1. The summed E-state index contributed by atoms with van der Waals surface area (Å²) in [5, 5.41) is 6.54. The molecule has 0 fully saturated rings. The molecule has 0 unspecified atom stereocenters. The minimum absolute atomic E-state index is 0. The minimum atomic E-state index is 0. The van der Waals surface area contributed by atoms with Gasteiger partial charge >= 0.3 is 0 Å². The summed E-state index contributed by atoms with van der Waals surface area (Å²) in [6.45, 7) is 2.69. The molecule has 3 heterocycles.